The Kier molecular flexibility index (Phi) is 10.1. The molecule has 2 rings (SSSR count). The Balaban J connectivity index is 1.70. The van der Waals surface area contributed by atoms with Gasteiger partial charge >= 0.3 is 6.09 Å². The predicted molar refractivity (Wildman–Crippen MR) is 119 cm³/mol. The largest absolute Gasteiger partial charge is 0.444 e. The average molecular weight is 440 g/mol. The number of nitrogens with zero attached hydrogens (tertiary/aromatic N) is 1. The zero-order valence-electron chi connectivity index (χ0n) is 19.7. The average Bonchev–Trinajstić information content (AvgIpc) is 2.70. The number of hydrogen-bond acceptors (Lipinski definition) is 5. The van der Waals surface area contributed by atoms with E-state index in [1.807, 2.05) is 4.90 Å². The molecule has 0 bridgehead atoms. The fourth-order valence-corrected chi connectivity index (χ4v) is 4.24. The third-order valence-corrected chi connectivity index (χ3v) is 5.96. The topological polar surface area (TPSA) is 97.0 Å². The zero-order valence-corrected chi connectivity index (χ0v) is 19.7. The number of carbonyl (C=O) groups is 3. The molecule has 2 N–H and O–H groups in total. The second kappa shape index (κ2) is 12.3. The summed E-state index contributed by atoms with van der Waals surface area (Å²) in [5, 5.41) is 5.49. The minimum atomic E-state index is -0.567. The maximum absolute atomic E-state index is 12.8. The second-order valence-electron chi connectivity index (χ2n) is 9.83. The molecule has 3 atom stereocenters. The van der Waals surface area contributed by atoms with Crippen molar-refractivity contribution in [3.63, 3.8) is 0 Å². The Morgan fingerprint density at radius 2 is 1.71 bits per heavy atom. The van der Waals surface area contributed by atoms with Gasteiger partial charge in [-0.1, -0.05) is 19.8 Å². The minimum absolute atomic E-state index is 0.00334. The molecule has 0 aromatic rings. The molecule has 1 aliphatic heterocycles. The number of piperidine rings is 1. The number of nitrogens with one attached hydrogen (secondary N) is 2. The van der Waals surface area contributed by atoms with Crippen molar-refractivity contribution >= 4 is 17.9 Å². The van der Waals surface area contributed by atoms with Crippen molar-refractivity contribution in [3.05, 3.63) is 0 Å². The lowest BCUT2D eigenvalue weighted by atomic mass is 9.88. The lowest BCUT2D eigenvalue weighted by Crippen LogP contribution is -2.51. The Hall–Kier alpha value is -1.83. The Morgan fingerprint density at radius 1 is 1.00 bits per heavy atom. The summed E-state index contributed by atoms with van der Waals surface area (Å²) in [7, 11) is 0. The SMILES string of the molecule is C[C@@H]1CCCC[C@@H]1OCC(=O)N1CCCC[C@H]1CNC(=O)CCNC(=O)OC(C)(C)C. The number of carbonyl (C=O) groups excluding carboxylic acids is 3. The lowest BCUT2D eigenvalue weighted by molar-refractivity contribution is -0.144. The van der Waals surface area contributed by atoms with Crippen LogP contribution in [-0.4, -0.2) is 66.8 Å². The first kappa shape index (κ1) is 25.4. The molecule has 0 radical (unpaired) electrons. The zero-order chi connectivity index (χ0) is 22.9. The first-order chi connectivity index (χ1) is 14.7. The molecule has 1 saturated heterocycles. The molecule has 0 unspecified atom stereocenters. The summed E-state index contributed by atoms with van der Waals surface area (Å²) in [4.78, 5) is 38.5. The molecular formula is C23H41N3O5. The number of alkyl carbamates (subject to hydrolysis) is 1. The second-order valence-corrected chi connectivity index (χ2v) is 9.83. The van der Waals surface area contributed by atoms with E-state index >= 15 is 0 Å². The smallest absolute Gasteiger partial charge is 0.407 e. The molecule has 8 heteroatoms. The van der Waals surface area contributed by atoms with Crippen molar-refractivity contribution in [1.29, 1.82) is 0 Å². The van der Waals surface area contributed by atoms with Crippen molar-refractivity contribution in [2.24, 2.45) is 5.92 Å². The van der Waals surface area contributed by atoms with Crippen LogP contribution in [0.25, 0.3) is 0 Å². The van der Waals surface area contributed by atoms with Crippen LogP contribution in [0.4, 0.5) is 4.79 Å². The highest BCUT2D eigenvalue weighted by Gasteiger charge is 2.29. The van der Waals surface area contributed by atoms with Crippen LogP contribution >= 0.6 is 0 Å². The molecule has 3 amide bonds. The monoisotopic (exact) mass is 439 g/mol. The molecular weight excluding hydrogens is 398 g/mol. The van der Waals surface area contributed by atoms with E-state index < -0.39 is 11.7 Å². The molecule has 2 fully saturated rings. The van der Waals surface area contributed by atoms with Gasteiger partial charge in [0, 0.05) is 32.1 Å². The fraction of sp³-hybridized carbons (Fsp3) is 0.870. The van der Waals surface area contributed by atoms with E-state index in [0.29, 0.717) is 19.0 Å². The van der Waals surface area contributed by atoms with Crippen molar-refractivity contribution in [2.75, 3.05) is 26.2 Å². The molecule has 0 aromatic heterocycles. The highest BCUT2D eigenvalue weighted by atomic mass is 16.6. The van der Waals surface area contributed by atoms with Crippen molar-refractivity contribution in [1.82, 2.24) is 15.5 Å². The quantitative estimate of drug-likeness (QED) is 0.606. The van der Waals surface area contributed by atoms with Gasteiger partial charge in [0.1, 0.15) is 12.2 Å². The van der Waals surface area contributed by atoms with Gasteiger partial charge < -0.3 is 25.0 Å². The van der Waals surface area contributed by atoms with Crippen LogP contribution in [0, 0.1) is 5.92 Å². The van der Waals surface area contributed by atoms with Crippen LogP contribution in [0.15, 0.2) is 0 Å². The van der Waals surface area contributed by atoms with Crippen molar-refractivity contribution in [2.45, 2.75) is 96.8 Å². The summed E-state index contributed by atoms with van der Waals surface area (Å²) in [6.45, 7) is 9.04. The summed E-state index contributed by atoms with van der Waals surface area (Å²) in [6.07, 6.45) is 7.34. The van der Waals surface area contributed by atoms with Gasteiger partial charge in [-0.05, 0) is 58.8 Å². The van der Waals surface area contributed by atoms with Crippen molar-refractivity contribution < 1.29 is 23.9 Å². The van der Waals surface area contributed by atoms with Crippen LogP contribution in [0.2, 0.25) is 0 Å². The normalized spacial score (nSPS) is 24.4. The van der Waals surface area contributed by atoms with E-state index in [0.717, 1.165) is 25.7 Å². The molecule has 1 saturated carbocycles. The fourth-order valence-electron chi connectivity index (χ4n) is 4.24. The Bertz CT molecular complexity index is 605. The summed E-state index contributed by atoms with van der Waals surface area (Å²) < 4.78 is 11.1. The van der Waals surface area contributed by atoms with Gasteiger partial charge in [-0.25, -0.2) is 4.79 Å². The van der Waals surface area contributed by atoms with E-state index in [1.165, 1.54) is 19.3 Å². The highest BCUT2D eigenvalue weighted by Crippen LogP contribution is 2.26. The Labute approximate surface area is 186 Å². The maximum Gasteiger partial charge on any atom is 0.407 e. The Morgan fingerprint density at radius 3 is 2.42 bits per heavy atom. The van der Waals surface area contributed by atoms with Gasteiger partial charge in [0.25, 0.3) is 0 Å². The standard InChI is InChI=1S/C23H41N3O5/c1-17-9-5-6-11-19(17)30-16-21(28)26-14-8-7-10-18(26)15-25-20(27)12-13-24-22(29)31-23(2,3)4/h17-19H,5-16H2,1-4H3,(H,24,29)(H,25,27)/t17-,18+,19+/m1/s1. The first-order valence-electron chi connectivity index (χ1n) is 11.8. The van der Waals surface area contributed by atoms with Gasteiger partial charge in [0.15, 0.2) is 0 Å². The van der Waals surface area contributed by atoms with Crippen LogP contribution in [0.3, 0.4) is 0 Å². The van der Waals surface area contributed by atoms with Gasteiger partial charge in [-0.15, -0.1) is 0 Å². The predicted octanol–water partition coefficient (Wildman–Crippen LogP) is 2.99. The highest BCUT2D eigenvalue weighted by molar-refractivity contribution is 5.79. The van der Waals surface area contributed by atoms with Crippen LogP contribution in [0.5, 0.6) is 0 Å². The summed E-state index contributed by atoms with van der Waals surface area (Å²) in [5.41, 5.74) is -0.567. The number of hydrogen-bond donors (Lipinski definition) is 2. The van der Waals surface area contributed by atoms with Gasteiger partial charge in [-0.2, -0.15) is 0 Å². The number of likely N-dealkylation sites (tertiary alicyclic amines) is 1. The van der Waals surface area contributed by atoms with Gasteiger partial charge in [-0.3, -0.25) is 9.59 Å². The van der Waals surface area contributed by atoms with Crippen LogP contribution < -0.4 is 10.6 Å². The van der Waals surface area contributed by atoms with E-state index in [1.54, 1.807) is 20.8 Å². The van der Waals surface area contributed by atoms with E-state index in [9.17, 15) is 14.4 Å². The third kappa shape index (κ3) is 9.46. The molecule has 1 aliphatic carbocycles. The summed E-state index contributed by atoms with van der Waals surface area (Å²) in [6, 6.07) is -0.00334. The summed E-state index contributed by atoms with van der Waals surface area (Å²) in [5.74, 6) is 0.372. The molecule has 178 valence electrons. The number of ether oxygens (including phenoxy) is 2. The number of amides is 3. The van der Waals surface area contributed by atoms with E-state index in [4.69, 9.17) is 9.47 Å². The molecule has 8 nitrogen and oxygen atoms in total. The van der Waals surface area contributed by atoms with E-state index in [-0.39, 0.29) is 43.5 Å². The van der Waals surface area contributed by atoms with Gasteiger partial charge in [0.05, 0.1) is 6.10 Å². The van der Waals surface area contributed by atoms with Crippen molar-refractivity contribution in [3.8, 4) is 0 Å². The van der Waals surface area contributed by atoms with Crippen LogP contribution in [-0.2, 0) is 19.1 Å². The lowest BCUT2D eigenvalue weighted by Gasteiger charge is -2.36. The van der Waals surface area contributed by atoms with E-state index in [2.05, 4.69) is 17.6 Å². The molecule has 0 spiro atoms. The summed E-state index contributed by atoms with van der Waals surface area (Å²) >= 11 is 0. The maximum atomic E-state index is 12.8. The molecule has 0 aromatic carbocycles. The molecule has 31 heavy (non-hydrogen) atoms. The van der Waals surface area contributed by atoms with Crippen LogP contribution in [0.1, 0.15) is 79.1 Å². The number of rotatable bonds is 8. The minimum Gasteiger partial charge on any atom is -0.444 e. The first-order valence-corrected chi connectivity index (χ1v) is 11.8. The molecule has 1 heterocycles. The van der Waals surface area contributed by atoms with Gasteiger partial charge in [0.2, 0.25) is 11.8 Å². The third-order valence-electron chi connectivity index (χ3n) is 5.96. The molecule has 2 aliphatic rings.